The lowest BCUT2D eigenvalue weighted by Crippen LogP contribution is -2.05. The first kappa shape index (κ1) is 14.8. The van der Waals surface area contributed by atoms with Crippen molar-refractivity contribution in [3.63, 3.8) is 0 Å². The summed E-state index contributed by atoms with van der Waals surface area (Å²) in [5.74, 6) is 0.111. The van der Waals surface area contributed by atoms with E-state index in [1.807, 2.05) is 13.0 Å². The van der Waals surface area contributed by atoms with Gasteiger partial charge in [0.25, 0.3) is 0 Å². The zero-order chi connectivity index (χ0) is 14.0. The van der Waals surface area contributed by atoms with Crippen LogP contribution in [-0.4, -0.2) is 6.61 Å². The Labute approximate surface area is 127 Å². The summed E-state index contributed by atoms with van der Waals surface area (Å²) in [6.45, 7) is -0.906. The van der Waals surface area contributed by atoms with Gasteiger partial charge in [-0.1, -0.05) is 18.2 Å². The number of para-hydroxylation sites is 1. The maximum absolute atomic E-state index is 12.4. The number of aryl methyl sites for hydroxylation is 1. The maximum Gasteiger partial charge on any atom is 0.387 e. The average Bonchev–Trinajstić information content (AvgIpc) is 2.69. The molecule has 0 amide bonds. The molecule has 0 aliphatic rings. The standard InChI is InChI=1S/C13H10BrClF2OS/c1-7-6-10(19-12(7)14)11(15)8-4-2-3-5-9(8)18-13(16)17/h2-6,11,13H,1H3. The largest absolute Gasteiger partial charge is 0.434 e. The first-order chi connectivity index (χ1) is 8.99. The molecule has 0 fully saturated rings. The smallest absolute Gasteiger partial charge is 0.387 e. The minimum absolute atomic E-state index is 0.111. The third-order valence-electron chi connectivity index (χ3n) is 2.53. The zero-order valence-corrected chi connectivity index (χ0v) is 13.0. The molecule has 19 heavy (non-hydrogen) atoms. The van der Waals surface area contributed by atoms with E-state index < -0.39 is 12.0 Å². The van der Waals surface area contributed by atoms with Gasteiger partial charge in [0.1, 0.15) is 5.75 Å². The number of halogens is 4. The molecule has 1 unspecified atom stereocenters. The Bertz CT molecular complexity index is 554. The Kier molecular flexibility index (Phi) is 4.81. The highest BCUT2D eigenvalue weighted by Gasteiger charge is 2.20. The number of ether oxygens (including phenoxy) is 1. The van der Waals surface area contributed by atoms with E-state index in [9.17, 15) is 8.78 Å². The molecule has 0 aliphatic carbocycles. The first-order valence-corrected chi connectivity index (χ1v) is 7.47. The second-order valence-electron chi connectivity index (χ2n) is 3.88. The van der Waals surface area contributed by atoms with Gasteiger partial charge in [-0.2, -0.15) is 8.78 Å². The second-order valence-corrected chi connectivity index (χ2v) is 6.72. The summed E-state index contributed by atoms with van der Waals surface area (Å²) in [6.07, 6.45) is 0. The van der Waals surface area contributed by atoms with Crippen molar-refractivity contribution in [2.45, 2.75) is 18.9 Å². The van der Waals surface area contributed by atoms with Crippen molar-refractivity contribution in [2.75, 3.05) is 0 Å². The molecular weight excluding hydrogens is 358 g/mol. The van der Waals surface area contributed by atoms with Crippen LogP contribution in [0.25, 0.3) is 0 Å². The van der Waals surface area contributed by atoms with Gasteiger partial charge in [-0.3, -0.25) is 0 Å². The second kappa shape index (κ2) is 6.20. The van der Waals surface area contributed by atoms with E-state index in [1.165, 1.54) is 17.4 Å². The van der Waals surface area contributed by atoms with E-state index in [0.717, 1.165) is 14.2 Å². The van der Waals surface area contributed by atoms with E-state index in [-0.39, 0.29) is 5.75 Å². The molecule has 0 saturated carbocycles. The summed E-state index contributed by atoms with van der Waals surface area (Å²) >= 11 is 11.3. The molecule has 1 atom stereocenters. The highest BCUT2D eigenvalue weighted by molar-refractivity contribution is 9.11. The molecule has 2 rings (SSSR count). The van der Waals surface area contributed by atoms with Crippen LogP contribution >= 0.6 is 38.9 Å². The summed E-state index contributed by atoms with van der Waals surface area (Å²) in [4.78, 5) is 0.886. The first-order valence-electron chi connectivity index (χ1n) is 5.42. The van der Waals surface area contributed by atoms with Gasteiger partial charge >= 0.3 is 6.61 Å². The van der Waals surface area contributed by atoms with Crippen molar-refractivity contribution in [1.82, 2.24) is 0 Å². The summed E-state index contributed by atoms with van der Waals surface area (Å²) in [6, 6.07) is 8.51. The molecule has 1 aromatic carbocycles. The lowest BCUT2D eigenvalue weighted by Gasteiger charge is -2.13. The van der Waals surface area contributed by atoms with Gasteiger partial charge in [0.05, 0.1) is 9.16 Å². The molecule has 0 saturated heterocycles. The predicted octanol–water partition coefficient (Wildman–Crippen LogP) is 5.75. The summed E-state index contributed by atoms with van der Waals surface area (Å²) in [5, 5.41) is -0.509. The van der Waals surface area contributed by atoms with Crippen LogP contribution in [0.2, 0.25) is 0 Å². The SMILES string of the molecule is Cc1cc(C(Cl)c2ccccc2OC(F)F)sc1Br. The van der Waals surface area contributed by atoms with E-state index in [2.05, 4.69) is 20.7 Å². The number of thiophene rings is 1. The summed E-state index contributed by atoms with van der Waals surface area (Å²) < 4.78 is 30.2. The molecular formula is C13H10BrClF2OS. The molecule has 6 heteroatoms. The van der Waals surface area contributed by atoms with Crippen molar-refractivity contribution in [3.8, 4) is 5.75 Å². The number of benzene rings is 1. The fourth-order valence-corrected chi connectivity index (χ4v) is 3.60. The van der Waals surface area contributed by atoms with Gasteiger partial charge in [-0.25, -0.2) is 0 Å². The molecule has 2 aromatic rings. The monoisotopic (exact) mass is 366 g/mol. The Morgan fingerprint density at radius 2 is 2.00 bits per heavy atom. The normalized spacial score (nSPS) is 12.7. The predicted molar refractivity (Wildman–Crippen MR) is 77.5 cm³/mol. The summed E-state index contributed by atoms with van der Waals surface area (Å²) in [7, 11) is 0. The van der Waals surface area contributed by atoms with E-state index in [4.69, 9.17) is 11.6 Å². The van der Waals surface area contributed by atoms with Crippen molar-refractivity contribution >= 4 is 38.9 Å². The lowest BCUT2D eigenvalue weighted by molar-refractivity contribution is -0.0504. The fourth-order valence-electron chi connectivity index (χ4n) is 1.65. The lowest BCUT2D eigenvalue weighted by atomic mass is 10.1. The van der Waals surface area contributed by atoms with Gasteiger partial charge in [0.15, 0.2) is 0 Å². The topological polar surface area (TPSA) is 9.23 Å². The van der Waals surface area contributed by atoms with Crippen LogP contribution in [0.3, 0.4) is 0 Å². The van der Waals surface area contributed by atoms with Gasteiger partial charge in [-0.15, -0.1) is 22.9 Å². The maximum atomic E-state index is 12.4. The van der Waals surface area contributed by atoms with Crippen molar-refractivity contribution in [1.29, 1.82) is 0 Å². The highest BCUT2D eigenvalue weighted by Crippen LogP contribution is 2.41. The molecule has 0 bridgehead atoms. The van der Waals surface area contributed by atoms with Gasteiger partial charge in [0, 0.05) is 10.4 Å². The van der Waals surface area contributed by atoms with Crippen LogP contribution in [-0.2, 0) is 0 Å². The van der Waals surface area contributed by atoms with Crippen LogP contribution in [0.1, 0.15) is 21.4 Å². The quantitative estimate of drug-likeness (QED) is 0.625. The molecule has 0 radical (unpaired) electrons. The van der Waals surface area contributed by atoms with Crippen molar-refractivity contribution in [3.05, 3.63) is 50.1 Å². The van der Waals surface area contributed by atoms with Crippen LogP contribution in [0.5, 0.6) is 5.75 Å². The van der Waals surface area contributed by atoms with E-state index in [1.54, 1.807) is 18.2 Å². The number of alkyl halides is 3. The van der Waals surface area contributed by atoms with E-state index >= 15 is 0 Å². The third kappa shape index (κ3) is 3.46. The highest BCUT2D eigenvalue weighted by atomic mass is 79.9. The average molecular weight is 368 g/mol. The minimum Gasteiger partial charge on any atom is -0.434 e. The van der Waals surface area contributed by atoms with Crippen LogP contribution in [0.4, 0.5) is 8.78 Å². The van der Waals surface area contributed by atoms with Crippen molar-refractivity contribution < 1.29 is 13.5 Å². The van der Waals surface area contributed by atoms with E-state index in [0.29, 0.717) is 5.56 Å². The van der Waals surface area contributed by atoms with Gasteiger partial charge in [-0.05, 0) is 40.5 Å². The Morgan fingerprint density at radius 3 is 2.58 bits per heavy atom. The molecule has 1 nitrogen and oxygen atoms in total. The zero-order valence-electron chi connectivity index (χ0n) is 9.87. The Hall–Kier alpha value is -0.650. The number of rotatable bonds is 4. The number of hydrogen-bond donors (Lipinski definition) is 0. The molecule has 102 valence electrons. The van der Waals surface area contributed by atoms with Gasteiger partial charge in [0.2, 0.25) is 0 Å². The van der Waals surface area contributed by atoms with Crippen LogP contribution in [0.15, 0.2) is 34.1 Å². The van der Waals surface area contributed by atoms with Crippen LogP contribution < -0.4 is 4.74 Å². The summed E-state index contributed by atoms with van der Waals surface area (Å²) in [5.41, 5.74) is 1.61. The molecule has 1 heterocycles. The Balaban J connectivity index is 2.35. The van der Waals surface area contributed by atoms with Crippen molar-refractivity contribution in [2.24, 2.45) is 0 Å². The Morgan fingerprint density at radius 1 is 1.32 bits per heavy atom. The van der Waals surface area contributed by atoms with Crippen LogP contribution in [0, 0.1) is 6.92 Å². The fraction of sp³-hybridized carbons (Fsp3) is 0.231. The molecule has 0 spiro atoms. The molecule has 0 aliphatic heterocycles. The molecule has 1 aromatic heterocycles. The minimum atomic E-state index is -2.86. The number of hydrogen-bond acceptors (Lipinski definition) is 2. The molecule has 0 N–H and O–H groups in total. The third-order valence-corrected chi connectivity index (χ3v) is 5.34. The van der Waals surface area contributed by atoms with Gasteiger partial charge < -0.3 is 4.74 Å².